The summed E-state index contributed by atoms with van der Waals surface area (Å²) in [6, 6.07) is 0. The van der Waals surface area contributed by atoms with Gasteiger partial charge in [-0.1, -0.05) is 20.8 Å². The molecule has 0 aromatic heterocycles. The van der Waals surface area contributed by atoms with Crippen LogP contribution in [0.3, 0.4) is 0 Å². The first-order valence-electron chi connectivity index (χ1n) is 2.94. The Morgan fingerprint density at radius 1 is 1.25 bits per heavy atom. The van der Waals surface area contributed by atoms with Gasteiger partial charge < -0.3 is 5.73 Å². The molecule has 0 fully saturated rings. The summed E-state index contributed by atoms with van der Waals surface area (Å²) in [5.74, 6) is -0.257. The van der Waals surface area contributed by atoms with E-state index in [1.807, 2.05) is 0 Å². The summed E-state index contributed by atoms with van der Waals surface area (Å²) in [6.07, 6.45) is 0. The number of carbonyl (C=O) groups excluding carboxylic acids is 1. The van der Waals surface area contributed by atoms with E-state index in [4.69, 9.17) is 23.3 Å². The number of carbonyl (C=O) groups is 1. The zero-order chi connectivity index (χ0) is 10.6. The van der Waals surface area contributed by atoms with Crippen LogP contribution in [-0.4, -0.2) is 23.4 Å². The summed E-state index contributed by atoms with van der Waals surface area (Å²) >= 11 is 0. The smallest absolute Gasteiger partial charge is 0.369 e. The Morgan fingerprint density at radius 2 is 1.33 bits per heavy atom. The first-order valence-corrected chi connectivity index (χ1v) is 4.34. The molecule has 0 aliphatic carbocycles. The van der Waals surface area contributed by atoms with Crippen LogP contribution in [0.4, 0.5) is 0 Å². The van der Waals surface area contributed by atoms with E-state index in [-0.39, 0.29) is 11.3 Å². The average Bonchev–Trinajstić information content (AvgIpc) is 1.55. The Balaban J connectivity index is 0. The fourth-order valence-electron chi connectivity index (χ4n) is 0. The number of rotatable bonds is 0. The lowest BCUT2D eigenvalue weighted by Crippen LogP contribution is -2.27. The molecule has 0 saturated heterocycles. The van der Waals surface area contributed by atoms with Crippen molar-refractivity contribution in [2.24, 2.45) is 11.1 Å². The molecule has 74 valence electrons. The molecule has 0 aliphatic rings. The fourth-order valence-corrected chi connectivity index (χ4v) is 0. The van der Waals surface area contributed by atoms with E-state index >= 15 is 0 Å². The molecular formula is C5H13NO5S. The van der Waals surface area contributed by atoms with Gasteiger partial charge in [-0.05, 0) is 0 Å². The average molecular weight is 199 g/mol. The highest BCUT2D eigenvalue weighted by Crippen LogP contribution is 2.09. The van der Waals surface area contributed by atoms with Gasteiger partial charge in [0.2, 0.25) is 5.91 Å². The highest BCUT2D eigenvalue weighted by Gasteiger charge is 2.16. The predicted octanol–water partition coefficient (Wildman–Crippen LogP) is -0.135. The minimum Gasteiger partial charge on any atom is -0.369 e. The third kappa shape index (κ3) is 22.8. The second-order valence-electron chi connectivity index (χ2n) is 3.06. The van der Waals surface area contributed by atoms with E-state index < -0.39 is 10.4 Å². The fraction of sp³-hybridized carbons (Fsp3) is 0.800. The molecule has 6 nitrogen and oxygen atoms in total. The SMILES string of the molecule is CC(C)(C)C(N)=O.O=S(=O)(O)O. The lowest BCUT2D eigenvalue weighted by molar-refractivity contribution is -0.125. The molecule has 4 N–H and O–H groups in total. The largest absolute Gasteiger partial charge is 0.394 e. The third-order valence-corrected chi connectivity index (χ3v) is 0.739. The summed E-state index contributed by atoms with van der Waals surface area (Å²) in [4.78, 5) is 10.2. The molecule has 12 heavy (non-hydrogen) atoms. The molecule has 0 saturated carbocycles. The molecule has 0 unspecified atom stereocenters. The van der Waals surface area contributed by atoms with Crippen molar-refractivity contribution in [2.75, 3.05) is 0 Å². The van der Waals surface area contributed by atoms with E-state index in [2.05, 4.69) is 0 Å². The standard InChI is InChI=1S/C5H11NO.H2O4S/c1-5(2,3)4(6)7;1-5(2,3)4/h1-3H3,(H2,6,7);(H2,1,2,3,4). The van der Waals surface area contributed by atoms with Gasteiger partial charge in [-0.25, -0.2) is 0 Å². The molecule has 0 aromatic carbocycles. The van der Waals surface area contributed by atoms with Crippen molar-refractivity contribution in [1.29, 1.82) is 0 Å². The maximum atomic E-state index is 10.2. The van der Waals surface area contributed by atoms with E-state index in [0.29, 0.717) is 0 Å². The van der Waals surface area contributed by atoms with Crippen LogP contribution in [0.15, 0.2) is 0 Å². The highest BCUT2D eigenvalue weighted by molar-refractivity contribution is 7.79. The van der Waals surface area contributed by atoms with E-state index in [0.717, 1.165) is 0 Å². The van der Waals surface area contributed by atoms with E-state index in [1.165, 1.54) is 0 Å². The van der Waals surface area contributed by atoms with Crippen LogP contribution in [0.25, 0.3) is 0 Å². The van der Waals surface area contributed by atoms with Crippen LogP contribution < -0.4 is 5.73 Å². The summed E-state index contributed by atoms with van der Waals surface area (Å²) < 4.78 is 31.6. The summed E-state index contributed by atoms with van der Waals surface area (Å²) in [6.45, 7) is 5.36. The monoisotopic (exact) mass is 199 g/mol. The van der Waals surface area contributed by atoms with Crippen LogP contribution >= 0.6 is 0 Å². The molecule has 0 atom stereocenters. The second kappa shape index (κ2) is 4.39. The van der Waals surface area contributed by atoms with Gasteiger partial charge >= 0.3 is 10.4 Å². The molecule has 1 amide bonds. The van der Waals surface area contributed by atoms with Crippen LogP contribution in [0.5, 0.6) is 0 Å². The molecule has 0 bridgehead atoms. The van der Waals surface area contributed by atoms with Crippen LogP contribution in [0.1, 0.15) is 20.8 Å². The highest BCUT2D eigenvalue weighted by atomic mass is 32.3. The van der Waals surface area contributed by atoms with E-state index in [9.17, 15) is 4.79 Å². The number of hydrogen-bond acceptors (Lipinski definition) is 3. The minimum atomic E-state index is -4.67. The first kappa shape index (κ1) is 13.9. The Hall–Kier alpha value is -0.660. The first-order chi connectivity index (χ1) is 4.94. The lowest BCUT2D eigenvalue weighted by Gasteiger charge is -2.10. The zero-order valence-corrected chi connectivity index (χ0v) is 7.92. The van der Waals surface area contributed by atoms with Gasteiger partial charge in [0.15, 0.2) is 0 Å². The quantitative estimate of drug-likeness (QED) is 0.469. The Bertz CT molecular complexity index is 229. The number of primary amides is 1. The maximum absolute atomic E-state index is 10.2. The second-order valence-corrected chi connectivity index (χ2v) is 3.96. The summed E-state index contributed by atoms with van der Waals surface area (Å²) in [7, 11) is -4.67. The molecule has 0 heterocycles. The Kier molecular flexibility index (Phi) is 5.08. The Labute approximate surface area is 71.3 Å². The van der Waals surface area contributed by atoms with Gasteiger partial charge in [-0.15, -0.1) is 0 Å². The maximum Gasteiger partial charge on any atom is 0.394 e. The summed E-state index contributed by atoms with van der Waals surface area (Å²) in [5, 5.41) is 0. The topological polar surface area (TPSA) is 118 Å². The molecule has 0 radical (unpaired) electrons. The van der Waals surface area contributed by atoms with Crippen molar-refractivity contribution < 1.29 is 22.3 Å². The summed E-state index contributed by atoms with van der Waals surface area (Å²) in [5.41, 5.74) is 4.57. The zero-order valence-electron chi connectivity index (χ0n) is 7.10. The molecule has 0 aromatic rings. The predicted molar refractivity (Wildman–Crippen MR) is 42.8 cm³/mol. The van der Waals surface area contributed by atoms with Crippen molar-refractivity contribution in [3.63, 3.8) is 0 Å². The third-order valence-electron chi connectivity index (χ3n) is 0.739. The van der Waals surface area contributed by atoms with Gasteiger partial charge in [-0.3, -0.25) is 13.9 Å². The van der Waals surface area contributed by atoms with Gasteiger partial charge in [0, 0.05) is 5.41 Å². The van der Waals surface area contributed by atoms with Crippen molar-refractivity contribution in [3.8, 4) is 0 Å². The van der Waals surface area contributed by atoms with Crippen LogP contribution in [0, 0.1) is 5.41 Å². The van der Waals surface area contributed by atoms with Crippen LogP contribution in [-0.2, 0) is 15.2 Å². The molecular weight excluding hydrogens is 186 g/mol. The normalized spacial score (nSPS) is 11.4. The minimum absolute atomic E-state index is 0.257. The lowest BCUT2D eigenvalue weighted by atomic mass is 9.96. The molecule has 0 rings (SSSR count). The van der Waals surface area contributed by atoms with E-state index in [1.54, 1.807) is 20.8 Å². The Morgan fingerprint density at radius 3 is 1.33 bits per heavy atom. The van der Waals surface area contributed by atoms with Crippen LogP contribution in [0.2, 0.25) is 0 Å². The molecule has 7 heteroatoms. The molecule has 0 spiro atoms. The number of nitrogens with two attached hydrogens (primary N) is 1. The number of hydrogen-bond donors (Lipinski definition) is 3. The van der Waals surface area contributed by atoms with Gasteiger partial charge in [-0.2, -0.15) is 8.42 Å². The van der Waals surface area contributed by atoms with Crippen molar-refractivity contribution >= 4 is 16.3 Å². The van der Waals surface area contributed by atoms with Gasteiger partial charge in [0.05, 0.1) is 0 Å². The van der Waals surface area contributed by atoms with Gasteiger partial charge in [0.25, 0.3) is 0 Å². The molecule has 0 aliphatic heterocycles. The van der Waals surface area contributed by atoms with Gasteiger partial charge in [0.1, 0.15) is 0 Å². The van der Waals surface area contributed by atoms with Crippen molar-refractivity contribution in [1.82, 2.24) is 0 Å². The number of amides is 1. The van der Waals surface area contributed by atoms with Crippen molar-refractivity contribution in [2.45, 2.75) is 20.8 Å². The van der Waals surface area contributed by atoms with Crippen molar-refractivity contribution in [3.05, 3.63) is 0 Å².